The highest BCUT2D eigenvalue weighted by Gasteiger charge is 2.19. The molecule has 0 saturated carbocycles. The molecule has 3 heteroatoms. The maximum Gasteiger partial charge on any atom is 0.145 e. The molecule has 1 unspecified atom stereocenters. The number of aryl methyl sites for hydroxylation is 2. The monoisotopic (exact) mass is 206 g/mol. The van der Waals surface area contributed by atoms with Crippen LogP contribution in [0.1, 0.15) is 17.5 Å². The number of ether oxygens (including phenoxy) is 1. The molecule has 3 N–H and O–H groups in total. The molecule has 0 aromatic heterocycles. The van der Waals surface area contributed by atoms with Crippen molar-refractivity contribution < 1.29 is 4.74 Å². The van der Waals surface area contributed by atoms with Crippen LogP contribution in [0.4, 0.5) is 5.69 Å². The van der Waals surface area contributed by atoms with Crippen LogP contribution in [0.3, 0.4) is 0 Å². The molecule has 0 bridgehead atoms. The molecule has 2 rings (SSSR count). The van der Waals surface area contributed by atoms with Crippen molar-refractivity contribution in [2.75, 3.05) is 18.5 Å². The number of nitrogens with one attached hydrogen (secondary N) is 1. The van der Waals surface area contributed by atoms with Crippen molar-refractivity contribution in [1.82, 2.24) is 0 Å². The molecule has 15 heavy (non-hydrogen) atoms. The van der Waals surface area contributed by atoms with Gasteiger partial charge in [-0.05, 0) is 44.0 Å². The topological polar surface area (TPSA) is 47.3 Å². The van der Waals surface area contributed by atoms with Crippen molar-refractivity contribution in [1.29, 1.82) is 0 Å². The minimum Gasteiger partial charge on any atom is -0.489 e. The van der Waals surface area contributed by atoms with Gasteiger partial charge in [-0.3, -0.25) is 0 Å². The van der Waals surface area contributed by atoms with Crippen molar-refractivity contribution in [2.45, 2.75) is 26.3 Å². The van der Waals surface area contributed by atoms with E-state index in [9.17, 15) is 0 Å². The van der Waals surface area contributed by atoms with E-state index in [0.29, 0.717) is 19.2 Å². The fourth-order valence-corrected chi connectivity index (χ4v) is 2.06. The van der Waals surface area contributed by atoms with Gasteiger partial charge in [0.15, 0.2) is 0 Å². The second-order valence-electron chi connectivity index (χ2n) is 4.19. The number of fused-ring (bicyclic) bond motifs is 1. The number of rotatable bonds is 2. The molecule has 1 aliphatic rings. The fourth-order valence-electron chi connectivity index (χ4n) is 2.06. The summed E-state index contributed by atoms with van der Waals surface area (Å²) < 4.78 is 5.76. The standard InChI is InChI=1S/C12H18N2O/c1-8-5-9(2)12-11(6-8)14-10(3-4-13)7-15-12/h5-6,10,14H,3-4,7,13H2,1-2H3. The molecule has 82 valence electrons. The average Bonchev–Trinajstić information content (AvgIpc) is 2.17. The first-order valence-corrected chi connectivity index (χ1v) is 5.41. The highest BCUT2D eigenvalue weighted by molar-refractivity contribution is 5.63. The van der Waals surface area contributed by atoms with Crippen LogP contribution >= 0.6 is 0 Å². The van der Waals surface area contributed by atoms with Crippen molar-refractivity contribution in [3.8, 4) is 5.75 Å². The molecule has 0 fully saturated rings. The smallest absolute Gasteiger partial charge is 0.145 e. The summed E-state index contributed by atoms with van der Waals surface area (Å²) in [5.74, 6) is 0.994. The van der Waals surface area contributed by atoms with Crippen molar-refractivity contribution in [2.24, 2.45) is 5.73 Å². The summed E-state index contributed by atoms with van der Waals surface area (Å²) in [4.78, 5) is 0. The van der Waals surface area contributed by atoms with Crippen molar-refractivity contribution >= 4 is 5.69 Å². The van der Waals surface area contributed by atoms with Crippen LogP contribution in [0, 0.1) is 13.8 Å². The first kappa shape index (κ1) is 10.3. The zero-order valence-corrected chi connectivity index (χ0v) is 9.34. The van der Waals surface area contributed by atoms with Gasteiger partial charge in [-0.2, -0.15) is 0 Å². The number of hydrogen-bond acceptors (Lipinski definition) is 3. The zero-order valence-electron chi connectivity index (χ0n) is 9.34. The lowest BCUT2D eigenvalue weighted by Crippen LogP contribution is -2.33. The molecule has 1 aromatic rings. The Hall–Kier alpha value is -1.22. The molecule has 0 radical (unpaired) electrons. The van der Waals surface area contributed by atoms with Crippen LogP contribution in [0.25, 0.3) is 0 Å². The van der Waals surface area contributed by atoms with E-state index in [1.165, 1.54) is 11.1 Å². The average molecular weight is 206 g/mol. The minimum atomic E-state index is 0.351. The first-order valence-electron chi connectivity index (χ1n) is 5.41. The van der Waals surface area contributed by atoms with Gasteiger partial charge in [-0.1, -0.05) is 6.07 Å². The lowest BCUT2D eigenvalue weighted by atomic mass is 10.1. The van der Waals surface area contributed by atoms with Gasteiger partial charge in [0.05, 0.1) is 11.7 Å². The Kier molecular flexibility index (Phi) is 2.82. The van der Waals surface area contributed by atoms with Gasteiger partial charge in [0, 0.05) is 0 Å². The predicted molar refractivity (Wildman–Crippen MR) is 62.5 cm³/mol. The third kappa shape index (κ3) is 2.07. The molecular formula is C12H18N2O. The summed E-state index contributed by atoms with van der Waals surface area (Å²) in [6.07, 6.45) is 0.951. The van der Waals surface area contributed by atoms with E-state index in [2.05, 4.69) is 31.3 Å². The summed E-state index contributed by atoms with van der Waals surface area (Å²) in [7, 11) is 0. The number of nitrogens with two attached hydrogens (primary N) is 1. The molecule has 1 atom stereocenters. The Morgan fingerprint density at radius 2 is 2.27 bits per heavy atom. The van der Waals surface area contributed by atoms with Crippen molar-refractivity contribution in [3.05, 3.63) is 23.3 Å². The Balaban J connectivity index is 2.25. The van der Waals surface area contributed by atoms with Gasteiger partial charge >= 0.3 is 0 Å². The zero-order chi connectivity index (χ0) is 10.8. The summed E-state index contributed by atoms with van der Waals surface area (Å²) in [5.41, 5.74) is 9.11. The van der Waals surface area contributed by atoms with E-state index >= 15 is 0 Å². The number of hydrogen-bond donors (Lipinski definition) is 2. The normalized spacial score (nSPS) is 19.0. The summed E-state index contributed by atoms with van der Waals surface area (Å²) in [5, 5.41) is 3.47. The predicted octanol–water partition coefficient (Wildman–Crippen LogP) is 1.83. The lowest BCUT2D eigenvalue weighted by molar-refractivity contribution is 0.278. The molecule has 0 spiro atoms. The number of benzene rings is 1. The third-order valence-electron chi connectivity index (χ3n) is 2.72. The van der Waals surface area contributed by atoms with Crippen LogP contribution in [-0.2, 0) is 0 Å². The molecule has 3 nitrogen and oxygen atoms in total. The maximum atomic E-state index is 5.76. The Morgan fingerprint density at radius 1 is 1.47 bits per heavy atom. The molecule has 0 aliphatic carbocycles. The van der Waals surface area contributed by atoms with Gasteiger partial charge in [0.2, 0.25) is 0 Å². The second kappa shape index (κ2) is 4.11. The van der Waals surface area contributed by atoms with E-state index in [1.807, 2.05) is 0 Å². The van der Waals surface area contributed by atoms with E-state index < -0.39 is 0 Å². The van der Waals surface area contributed by atoms with Gasteiger partial charge in [0.25, 0.3) is 0 Å². The third-order valence-corrected chi connectivity index (χ3v) is 2.72. The minimum absolute atomic E-state index is 0.351. The van der Waals surface area contributed by atoms with E-state index in [-0.39, 0.29) is 0 Å². The fraction of sp³-hybridized carbons (Fsp3) is 0.500. The van der Waals surface area contributed by atoms with Crippen LogP contribution in [-0.4, -0.2) is 19.2 Å². The largest absolute Gasteiger partial charge is 0.489 e. The first-order chi connectivity index (χ1) is 7.20. The van der Waals surface area contributed by atoms with E-state index in [0.717, 1.165) is 17.9 Å². The Morgan fingerprint density at radius 3 is 3.00 bits per heavy atom. The highest BCUT2D eigenvalue weighted by atomic mass is 16.5. The highest BCUT2D eigenvalue weighted by Crippen LogP contribution is 2.33. The van der Waals surface area contributed by atoms with Crippen LogP contribution < -0.4 is 15.8 Å². The number of anilines is 1. The summed E-state index contributed by atoms with van der Waals surface area (Å²) in [6.45, 7) is 5.59. The molecule has 1 heterocycles. The molecular weight excluding hydrogens is 188 g/mol. The van der Waals surface area contributed by atoms with Crippen molar-refractivity contribution in [3.63, 3.8) is 0 Å². The Bertz CT molecular complexity index is 363. The second-order valence-corrected chi connectivity index (χ2v) is 4.19. The lowest BCUT2D eigenvalue weighted by Gasteiger charge is -2.28. The van der Waals surface area contributed by atoms with E-state index in [4.69, 9.17) is 10.5 Å². The van der Waals surface area contributed by atoms with Gasteiger partial charge < -0.3 is 15.8 Å². The maximum absolute atomic E-state index is 5.76. The summed E-state index contributed by atoms with van der Waals surface area (Å²) in [6, 6.07) is 4.62. The quantitative estimate of drug-likeness (QED) is 0.776. The molecule has 1 aliphatic heterocycles. The SMILES string of the molecule is Cc1cc(C)c2c(c1)NC(CCN)CO2. The Labute approximate surface area is 90.6 Å². The van der Waals surface area contributed by atoms with Gasteiger partial charge in [0.1, 0.15) is 12.4 Å². The van der Waals surface area contributed by atoms with Crippen LogP contribution in [0.15, 0.2) is 12.1 Å². The molecule has 0 amide bonds. The molecule has 0 saturated heterocycles. The van der Waals surface area contributed by atoms with Crippen LogP contribution in [0.2, 0.25) is 0 Å². The summed E-state index contributed by atoms with van der Waals surface area (Å²) >= 11 is 0. The van der Waals surface area contributed by atoms with Crippen LogP contribution in [0.5, 0.6) is 5.75 Å². The van der Waals surface area contributed by atoms with Gasteiger partial charge in [-0.15, -0.1) is 0 Å². The van der Waals surface area contributed by atoms with Gasteiger partial charge in [-0.25, -0.2) is 0 Å². The van der Waals surface area contributed by atoms with E-state index in [1.54, 1.807) is 0 Å². The molecule has 1 aromatic carbocycles.